The molecule has 102 valence electrons. The monoisotopic (exact) mass is 256 g/mol. The van der Waals surface area contributed by atoms with Gasteiger partial charge in [-0.1, -0.05) is 32.1 Å². The number of Topliss-reactive ketones (excluding diaryl/α,β-unsaturated/α-hetero) is 1. The van der Waals surface area contributed by atoms with Crippen LogP contribution in [0, 0.1) is 28.6 Å². The van der Waals surface area contributed by atoms with Crippen LogP contribution in [-0.2, 0) is 4.79 Å². The highest BCUT2D eigenvalue weighted by Crippen LogP contribution is 2.64. The highest BCUT2D eigenvalue weighted by Gasteiger charge is 2.58. The Balaban J connectivity index is 1.76. The van der Waals surface area contributed by atoms with Crippen molar-refractivity contribution in [2.45, 2.75) is 52.4 Å². The van der Waals surface area contributed by atoms with Crippen molar-refractivity contribution in [1.29, 1.82) is 0 Å². The number of rotatable bonds is 0. The van der Waals surface area contributed by atoms with Gasteiger partial charge in [0, 0.05) is 11.8 Å². The van der Waals surface area contributed by atoms with Gasteiger partial charge in [-0.3, -0.25) is 4.79 Å². The van der Waals surface area contributed by atoms with Gasteiger partial charge in [-0.05, 0) is 60.8 Å². The van der Waals surface area contributed by atoms with E-state index in [4.69, 9.17) is 0 Å². The number of fused-ring (bicyclic) bond motifs is 5. The fourth-order valence-electron chi connectivity index (χ4n) is 5.72. The molecule has 0 saturated heterocycles. The van der Waals surface area contributed by atoms with E-state index in [9.17, 15) is 4.79 Å². The first kappa shape index (κ1) is 11.9. The lowest BCUT2D eigenvalue weighted by Crippen LogP contribution is -2.43. The van der Waals surface area contributed by atoms with Crippen molar-refractivity contribution in [3.63, 3.8) is 0 Å². The Morgan fingerprint density at radius 2 is 1.89 bits per heavy atom. The Bertz CT molecular complexity index is 500. The molecule has 2 fully saturated rings. The van der Waals surface area contributed by atoms with E-state index in [0.717, 1.165) is 25.2 Å². The maximum absolute atomic E-state index is 12.3. The van der Waals surface area contributed by atoms with Crippen molar-refractivity contribution >= 4 is 5.78 Å². The summed E-state index contributed by atoms with van der Waals surface area (Å²) >= 11 is 0. The summed E-state index contributed by atoms with van der Waals surface area (Å²) < 4.78 is 0. The molecule has 0 aliphatic heterocycles. The summed E-state index contributed by atoms with van der Waals surface area (Å²) in [6.07, 6.45) is 14.2. The SMILES string of the molecule is C[C@]12CCC=CC1=C[C@@H]1[C@@H]2CC[C@]2(C)C(=O)CC[C@@H]12. The lowest BCUT2D eigenvalue weighted by molar-refractivity contribution is -0.129. The maximum atomic E-state index is 12.3. The molecule has 2 saturated carbocycles. The van der Waals surface area contributed by atoms with Crippen LogP contribution < -0.4 is 0 Å². The first-order valence-corrected chi connectivity index (χ1v) is 7.98. The van der Waals surface area contributed by atoms with E-state index in [-0.39, 0.29) is 5.41 Å². The molecular formula is C18H24O. The van der Waals surface area contributed by atoms with Gasteiger partial charge in [0.2, 0.25) is 0 Å². The Hall–Kier alpha value is -0.850. The molecule has 0 radical (unpaired) electrons. The number of ketones is 1. The Labute approximate surface area is 116 Å². The molecule has 4 rings (SSSR count). The van der Waals surface area contributed by atoms with Gasteiger partial charge in [0.15, 0.2) is 0 Å². The zero-order chi connectivity index (χ0) is 13.3. The van der Waals surface area contributed by atoms with Crippen LogP contribution in [-0.4, -0.2) is 5.78 Å². The smallest absolute Gasteiger partial charge is 0.139 e. The average molecular weight is 256 g/mol. The van der Waals surface area contributed by atoms with Crippen molar-refractivity contribution in [1.82, 2.24) is 0 Å². The predicted molar refractivity (Wildman–Crippen MR) is 76.6 cm³/mol. The summed E-state index contributed by atoms with van der Waals surface area (Å²) in [5.74, 6) is 2.65. The van der Waals surface area contributed by atoms with Crippen LogP contribution in [0.1, 0.15) is 52.4 Å². The van der Waals surface area contributed by atoms with Crippen molar-refractivity contribution < 1.29 is 4.79 Å². The third-order valence-corrected chi connectivity index (χ3v) is 7.02. The van der Waals surface area contributed by atoms with Crippen molar-refractivity contribution in [2.75, 3.05) is 0 Å². The Kier molecular flexibility index (Phi) is 2.27. The molecule has 4 aliphatic carbocycles. The van der Waals surface area contributed by atoms with E-state index >= 15 is 0 Å². The molecule has 0 N–H and O–H groups in total. The molecule has 1 nitrogen and oxygen atoms in total. The van der Waals surface area contributed by atoms with Gasteiger partial charge in [0.25, 0.3) is 0 Å². The summed E-state index contributed by atoms with van der Waals surface area (Å²) in [6, 6.07) is 0. The molecule has 0 heterocycles. The highest BCUT2D eigenvalue weighted by atomic mass is 16.1. The summed E-state index contributed by atoms with van der Waals surface area (Å²) in [4.78, 5) is 12.3. The number of carbonyl (C=O) groups excluding carboxylic acids is 1. The standard InChI is InChI=1S/C18H24O/c1-17-9-4-3-5-12(17)11-13-14-6-7-16(19)18(14,2)10-8-15(13)17/h3,5,11,13-15H,4,6-10H2,1-2H3/t13-,14-,15-,17-,18-/m0/s1. The summed E-state index contributed by atoms with van der Waals surface area (Å²) in [5.41, 5.74) is 2.00. The second-order valence-corrected chi connectivity index (χ2v) is 7.69. The van der Waals surface area contributed by atoms with E-state index in [1.165, 1.54) is 19.3 Å². The first-order valence-electron chi connectivity index (χ1n) is 7.98. The zero-order valence-electron chi connectivity index (χ0n) is 12.1. The average Bonchev–Trinajstić information content (AvgIpc) is 2.85. The molecule has 5 atom stereocenters. The highest BCUT2D eigenvalue weighted by molar-refractivity contribution is 5.87. The first-order chi connectivity index (χ1) is 9.06. The number of allylic oxidation sites excluding steroid dienone is 4. The Morgan fingerprint density at radius 3 is 2.74 bits per heavy atom. The minimum atomic E-state index is 0.00575. The molecule has 19 heavy (non-hydrogen) atoms. The minimum absolute atomic E-state index is 0.00575. The third kappa shape index (κ3) is 1.34. The van der Waals surface area contributed by atoms with Crippen LogP contribution in [0.2, 0.25) is 0 Å². The Morgan fingerprint density at radius 1 is 1.11 bits per heavy atom. The second-order valence-electron chi connectivity index (χ2n) is 7.69. The third-order valence-electron chi connectivity index (χ3n) is 7.02. The van der Waals surface area contributed by atoms with Crippen molar-refractivity contribution in [2.24, 2.45) is 28.6 Å². The van der Waals surface area contributed by atoms with Crippen LogP contribution in [0.3, 0.4) is 0 Å². The quantitative estimate of drug-likeness (QED) is 0.631. The van der Waals surface area contributed by atoms with Crippen LogP contribution in [0.4, 0.5) is 0 Å². The summed E-state index contributed by atoms with van der Waals surface area (Å²) in [5, 5.41) is 0. The molecule has 0 aromatic heterocycles. The van der Waals surface area contributed by atoms with E-state index in [1.807, 2.05) is 0 Å². The molecule has 0 amide bonds. The van der Waals surface area contributed by atoms with Crippen LogP contribution in [0.15, 0.2) is 23.8 Å². The van der Waals surface area contributed by atoms with Crippen LogP contribution >= 0.6 is 0 Å². The molecule has 0 spiro atoms. The minimum Gasteiger partial charge on any atom is -0.299 e. The lowest BCUT2D eigenvalue weighted by Gasteiger charge is -2.47. The van der Waals surface area contributed by atoms with E-state index in [1.54, 1.807) is 5.57 Å². The molecule has 0 unspecified atom stereocenters. The molecule has 0 aromatic carbocycles. The lowest BCUT2D eigenvalue weighted by atomic mass is 9.56. The molecule has 4 aliphatic rings. The molecular weight excluding hydrogens is 232 g/mol. The van der Waals surface area contributed by atoms with Gasteiger partial charge in [-0.25, -0.2) is 0 Å². The molecule has 0 aromatic rings. The van der Waals surface area contributed by atoms with E-state index < -0.39 is 0 Å². The topological polar surface area (TPSA) is 17.1 Å². The van der Waals surface area contributed by atoms with Gasteiger partial charge in [0.05, 0.1) is 0 Å². The van der Waals surface area contributed by atoms with E-state index in [2.05, 4.69) is 32.1 Å². The van der Waals surface area contributed by atoms with Gasteiger partial charge >= 0.3 is 0 Å². The molecule has 1 heteroatoms. The van der Waals surface area contributed by atoms with Gasteiger partial charge in [-0.15, -0.1) is 0 Å². The number of hydrogen-bond donors (Lipinski definition) is 0. The van der Waals surface area contributed by atoms with Gasteiger partial charge in [0.1, 0.15) is 5.78 Å². The largest absolute Gasteiger partial charge is 0.299 e. The van der Waals surface area contributed by atoms with Gasteiger partial charge < -0.3 is 0 Å². The summed E-state index contributed by atoms with van der Waals surface area (Å²) in [7, 11) is 0. The fourth-order valence-corrected chi connectivity index (χ4v) is 5.72. The zero-order valence-corrected chi connectivity index (χ0v) is 12.1. The summed E-state index contributed by atoms with van der Waals surface area (Å²) in [6.45, 7) is 4.73. The maximum Gasteiger partial charge on any atom is 0.139 e. The van der Waals surface area contributed by atoms with Crippen LogP contribution in [0.25, 0.3) is 0 Å². The van der Waals surface area contributed by atoms with Crippen molar-refractivity contribution in [3.8, 4) is 0 Å². The van der Waals surface area contributed by atoms with Gasteiger partial charge in [-0.2, -0.15) is 0 Å². The van der Waals surface area contributed by atoms with Crippen LogP contribution in [0.5, 0.6) is 0 Å². The van der Waals surface area contributed by atoms with E-state index in [0.29, 0.717) is 23.0 Å². The number of carbonyl (C=O) groups is 1. The number of hydrogen-bond acceptors (Lipinski definition) is 1. The normalized spacial score (nSPS) is 51.6. The van der Waals surface area contributed by atoms with Crippen molar-refractivity contribution in [3.05, 3.63) is 23.8 Å². The predicted octanol–water partition coefficient (Wildman–Crippen LogP) is 4.29. The fraction of sp³-hybridized carbons (Fsp3) is 0.722. The molecule has 0 bridgehead atoms. The second kappa shape index (κ2) is 3.62.